The van der Waals surface area contributed by atoms with Crippen molar-refractivity contribution < 1.29 is 9.59 Å². The molecule has 0 unspecified atom stereocenters. The van der Waals surface area contributed by atoms with Crippen LogP contribution in [0.1, 0.15) is 10.4 Å². The van der Waals surface area contributed by atoms with E-state index in [4.69, 9.17) is 23.2 Å². The van der Waals surface area contributed by atoms with Crippen LogP contribution in [0.2, 0.25) is 10.0 Å². The Morgan fingerprint density at radius 1 is 1.04 bits per heavy atom. The van der Waals surface area contributed by atoms with Crippen molar-refractivity contribution in [1.82, 2.24) is 14.7 Å². The van der Waals surface area contributed by atoms with Gasteiger partial charge in [-0.1, -0.05) is 29.3 Å². The molecule has 0 aromatic heterocycles. The van der Waals surface area contributed by atoms with E-state index in [1.807, 2.05) is 25.1 Å². The lowest BCUT2D eigenvalue weighted by Gasteiger charge is -2.34. The van der Waals surface area contributed by atoms with Gasteiger partial charge < -0.3 is 14.7 Å². The number of hydrogen-bond donors (Lipinski definition) is 0. The highest BCUT2D eigenvalue weighted by Gasteiger charge is 2.24. The molecule has 2 amide bonds. The van der Waals surface area contributed by atoms with Crippen molar-refractivity contribution in [2.45, 2.75) is 0 Å². The lowest BCUT2D eigenvalue weighted by molar-refractivity contribution is -0.127. The van der Waals surface area contributed by atoms with Gasteiger partial charge in [-0.2, -0.15) is 0 Å². The van der Waals surface area contributed by atoms with Crippen LogP contribution in [0.4, 0.5) is 0 Å². The van der Waals surface area contributed by atoms with E-state index >= 15 is 0 Å². The van der Waals surface area contributed by atoms with Crippen molar-refractivity contribution in [3.8, 4) is 0 Å². The Kier molecular flexibility index (Phi) is 6.66. The predicted molar refractivity (Wildman–Crippen MR) is 96.6 cm³/mol. The molecule has 7 heteroatoms. The van der Waals surface area contributed by atoms with Gasteiger partial charge in [0, 0.05) is 54.4 Å². The van der Waals surface area contributed by atoms with Gasteiger partial charge in [0.05, 0.1) is 0 Å². The molecule has 0 radical (unpaired) electrons. The highest BCUT2D eigenvalue weighted by Crippen LogP contribution is 2.20. The Bertz CT molecular complexity index is 618. The third-order valence-corrected chi connectivity index (χ3v) is 4.16. The lowest BCUT2D eigenvalue weighted by Crippen LogP contribution is -2.50. The fraction of sp³-hybridized carbons (Fsp3) is 0.412. The van der Waals surface area contributed by atoms with Crippen LogP contribution in [-0.4, -0.2) is 73.3 Å². The van der Waals surface area contributed by atoms with Crippen molar-refractivity contribution in [2.75, 3.05) is 46.8 Å². The van der Waals surface area contributed by atoms with E-state index in [9.17, 15) is 9.59 Å². The number of piperazine rings is 1. The number of likely N-dealkylation sites (N-methyl/N-ethyl adjacent to an activating group) is 1. The zero-order chi connectivity index (χ0) is 17.7. The van der Waals surface area contributed by atoms with Gasteiger partial charge in [0.25, 0.3) is 5.91 Å². The second-order valence-corrected chi connectivity index (χ2v) is 6.81. The zero-order valence-corrected chi connectivity index (χ0v) is 15.3. The van der Waals surface area contributed by atoms with Crippen LogP contribution in [0.15, 0.2) is 30.4 Å². The van der Waals surface area contributed by atoms with Crippen LogP contribution in [0.5, 0.6) is 0 Å². The molecule has 0 bridgehead atoms. The highest BCUT2D eigenvalue weighted by molar-refractivity contribution is 6.35. The summed E-state index contributed by atoms with van der Waals surface area (Å²) in [5.41, 5.74) is 0.471. The largest absolute Gasteiger partial charge is 0.336 e. The first kappa shape index (κ1) is 18.8. The van der Waals surface area contributed by atoms with Crippen LogP contribution in [0.25, 0.3) is 0 Å². The summed E-state index contributed by atoms with van der Waals surface area (Å²) in [5, 5.41) is 0.872. The average molecular weight is 370 g/mol. The summed E-state index contributed by atoms with van der Waals surface area (Å²) < 4.78 is 0. The van der Waals surface area contributed by atoms with E-state index in [1.54, 1.807) is 34.1 Å². The third-order valence-electron chi connectivity index (χ3n) is 3.72. The molecule has 1 aromatic carbocycles. The van der Waals surface area contributed by atoms with Crippen LogP contribution in [0, 0.1) is 0 Å². The summed E-state index contributed by atoms with van der Waals surface area (Å²) in [6.45, 7) is 2.75. The van der Waals surface area contributed by atoms with Gasteiger partial charge in [-0.15, -0.1) is 0 Å². The molecule has 1 fully saturated rings. The first-order valence-corrected chi connectivity index (χ1v) is 8.48. The zero-order valence-electron chi connectivity index (χ0n) is 13.8. The van der Waals surface area contributed by atoms with Crippen molar-refractivity contribution >= 4 is 35.0 Å². The summed E-state index contributed by atoms with van der Waals surface area (Å²) in [6, 6.07) is 4.81. The molecule has 130 valence electrons. The molecule has 0 atom stereocenters. The van der Waals surface area contributed by atoms with Gasteiger partial charge in [-0.25, -0.2) is 0 Å². The molecule has 5 nitrogen and oxygen atoms in total. The fourth-order valence-corrected chi connectivity index (χ4v) is 2.99. The Morgan fingerprint density at radius 2 is 1.58 bits per heavy atom. The maximum Gasteiger partial charge on any atom is 0.254 e. The summed E-state index contributed by atoms with van der Waals surface area (Å²) in [6.07, 6.45) is 3.43. The quantitative estimate of drug-likeness (QED) is 0.765. The van der Waals surface area contributed by atoms with Gasteiger partial charge in [0.1, 0.15) is 0 Å². The summed E-state index contributed by atoms with van der Waals surface area (Å²) in [4.78, 5) is 30.1. The Labute approximate surface area is 152 Å². The Morgan fingerprint density at radius 3 is 2.12 bits per heavy atom. The van der Waals surface area contributed by atoms with Crippen molar-refractivity contribution in [3.63, 3.8) is 0 Å². The van der Waals surface area contributed by atoms with E-state index in [0.29, 0.717) is 41.8 Å². The molecule has 0 saturated carbocycles. The second-order valence-electron chi connectivity index (χ2n) is 5.94. The van der Waals surface area contributed by atoms with Crippen LogP contribution in [-0.2, 0) is 4.79 Å². The van der Waals surface area contributed by atoms with Crippen molar-refractivity contribution in [2.24, 2.45) is 0 Å². The average Bonchev–Trinajstić information content (AvgIpc) is 2.53. The minimum Gasteiger partial charge on any atom is -0.336 e. The van der Waals surface area contributed by atoms with E-state index in [-0.39, 0.29) is 11.8 Å². The van der Waals surface area contributed by atoms with Gasteiger partial charge in [-0.05, 0) is 32.3 Å². The standard InChI is InChI=1S/C17H21Cl2N3O2/c1-20(2)5-3-4-16(23)21-6-8-22(9-7-21)17(24)13-10-14(18)12-15(19)11-13/h3-4,10-12H,5-9H2,1-2H3/b4-3+. The molecule has 0 N–H and O–H groups in total. The molecule has 2 rings (SSSR count). The minimum absolute atomic E-state index is 0.0188. The number of carbonyl (C=O) groups is 2. The maximum atomic E-state index is 12.5. The van der Waals surface area contributed by atoms with E-state index in [0.717, 1.165) is 6.54 Å². The topological polar surface area (TPSA) is 43.9 Å². The van der Waals surface area contributed by atoms with Gasteiger partial charge in [-0.3, -0.25) is 9.59 Å². The Hall–Kier alpha value is -1.56. The SMILES string of the molecule is CN(C)C/C=C/C(=O)N1CCN(C(=O)c2cc(Cl)cc(Cl)c2)CC1. The fourth-order valence-electron chi connectivity index (χ4n) is 2.46. The van der Waals surface area contributed by atoms with Crippen LogP contribution >= 0.6 is 23.2 Å². The molecular formula is C17H21Cl2N3O2. The normalized spacial score (nSPS) is 15.4. The van der Waals surface area contributed by atoms with Crippen molar-refractivity contribution in [3.05, 3.63) is 46.0 Å². The second kappa shape index (κ2) is 8.51. The van der Waals surface area contributed by atoms with Crippen LogP contribution in [0.3, 0.4) is 0 Å². The summed E-state index contributed by atoms with van der Waals surface area (Å²) >= 11 is 11.9. The lowest BCUT2D eigenvalue weighted by atomic mass is 10.2. The first-order valence-electron chi connectivity index (χ1n) is 7.72. The number of nitrogens with zero attached hydrogens (tertiary/aromatic N) is 3. The molecule has 1 aromatic rings. The number of amides is 2. The summed E-state index contributed by atoms with van der Waals surface area (Å²) in [7, 11) is 3.89. The third kappa shape index (κ3) is 5.23. The van der Waals surface area contributed by atoms with Crippen molar-refractivity contribution in [1.29, 1.82) is 0 Å². The smallest absolute Gasteiger partial charge is 0.254 e. The molecule has 1 aliphatic rings. The summed E-state index contributed by atoms with van der Waals surface area (Å²) in [5.74, 6) is -0.135. The van der Waals surface area contributed by atoms with Gasteiger partial charge in [0.2, 0.25) is 5.91 Å². The van der Waals surface area contributed by atoms with Gasteiger partial charge >= 0.3 is 0 Å². The number of benzene rings is 1. The monoisotopic (exact) mass is 369 g/mol. The molecule has 0 spiro atoms. The molecule has 0 aliphatic carbocycles. The first-order chi connectivity index (χ1) is 11.4. The number of carbonyl (C=O) groups excluding carboxylic acids is 2. The van der Waals surface area contributed by atoms with Crippen LogP contribution < -0.4 is 0 Å². The Balaban J connectivity index is 1.91. The molecule has 1 heterocycles. The highest BCUT2D eigenvalue weighted by atomic mass is 35.5. The molecule has 24 heavy (non-hydrogen) atoms. The van der Waals surface area contributed by atoms with Gasteiger partial charge in [0.15, 0.2) is 0 Å². The number of rotatable bonds is 4. The molecule has 1 aliphatic heterocycles. The predicted octanol–water partition coefficient (Wildman–Crippen LogP) is 2.40. The van der Waals surface area contributed by atoms with E-state index in [2.05, 4.69) is 0 Å². The molecular weight excluding hydrogens is 349 g/mol. The number of hydrogen-bond acceptors (Lipinski definition) is 3. The molecule has 1 saturated heterocycles. The minimum atomic E-state index is -0.116. The van der Waals surface area contributed by atoms with E-state index < -0.39 is 0 Å². The maximum absolute atomic E-state index is 12.5. The van der Waals surface area contributed by atoms with E-state index in [1.165, 1.54) is 0 Å². The number of halogens is 2.